The molecule has 1 atom stereocenters. The first-order valence-electron chi connectivity index (χ1n) is 6.68. The summed E-state index contributed by atoms with van der Waals surface area (Å²) in [6.45, 7) is 0.445. The Kier molecular flexibility index (Phi) is 5.29. The van der Waals surface area contributed by atoms with Gasteiger partial charge in [0.2, 0.25) is 5.88 Å². The second-order valence-electron chi connectivity index (χ2n) is 4.67. The fourth-order valence-corrected chi connectivity index (χ4v) is 1.97. The lowest BCUT2D eigenvalue weighted by Crippen LogP contribution is -2.38. The van der Waals surface area contributed by atoms with Gasteiger partial charge in [-0.3, -0.25) is 10.1 Å². The third kappa shape index (κ3) is 4.57. The molecule has 5 nitrogen and oxygen atoms in total. The van der Waals surface area contributed by atoms with Crippen molar-refractivity contribution in [3.63, 3.8) is 0 Å². The topological polar surface area (TPSA) is 71.5 Å². The van der Waals surface area contributed by atoms with Crippen LogP contribution in [0.15, 0.2) is 48.7 Å². The Balaban J connectivity index is 1.95. The van der Waals surface area contributed by atoms with E-state index in [2.05, 4.69) is 10.3 Å². The van der Waals surface area contributed by atoms with Crippen molar-refractivity contribution < 1.29 is 14.6 Å². The summed E-state index contributed by atoms with van der Waals surface area (Å²) >= 11 is 0. The number of aromatic nitrogens is 1. The number of carbonyl (C=O) groups is 1. The number of carboxylic acid groups (broad SMARTS) is 1. The number of ether oxygens (including phenoxy) is 1. The maximum atomic E-state index is 11.3. The summed E-state index contributed by atoms with van der Waals surface area (Å²) in [4.78, 5) is 15.4. The molecule has 1 aromatic carbocycles. The molecule has 0 aliphatic carbocycles. The zero-order chi connectivity index (χ0) is 15.1. The number of hydrogen-bond acceptors (Lipinski definition) is 4. The van der Waals surface area contributed by atoms with Gasteiger partial charge in [-0.25, -0.2) is 4.98 Å². The van der Waals surface area contributed by atoms with Gasteiger partial charge in [-0.1, -0.05) is 36.4 Å². The van der Waals surface area contributed by atoms with Crippen LogP contribution in [0.4, 0.5) is 0 Å². The summed E-state index contributed by atoms with van der Waals surface area (Å²) in [5, 5.41) is 12.3. The molecular weight excluding hydrogens is 268 g/mol. The molecule has 0 amide bonds. The summed E-state index contributed by atoms with van der Waals surface area (Å²) in [7, 11) is 1.56. The molecule has 0 unspecified atom stereocenters. The summed E-state index contributed by atoms with van der Waals surface area (Å²) < 4.78 is 4.99. The largest absolute Gasteiger partial charge is 0.481 e. The Bertz CT molecular complexity index is 570. The van der Waals surface area contributed by atoms with Crippen molar-refractivity contribution in [3.05, 3.63) is 59.8 Å². The third-order valence-electron chi connectivity index (χ3n) is 3.14. The van der Waals surface area contributed by atoms with Crippen LogP contribution in [-0.2, 0) is 17.8 Å². The van der Waals surface area contributed by atoms with Crippen LogP contribution >= 0.6 is 0 Å². The fourth-order valence-electron chi connectivity index (χ4n) is 1.97. The molecule has 0 saturated heterocycles. The number of methoxy groups -OCH3 is 1. The lowest BCUT2D eigenvalue weighted by Gasteiger charge is -2.14. The zero-order valence-electron chi connectivity index (χ0n) is 11.8. The van der Waals surface area contributed by atoms with Crippen molar-refractivity contribution in [2.75, 3.05) is 7.11 Å². The van der Waals surface area contributed by atoms with E-state index >= 15 is 0 Å². The van der Waals surface area contributed by atoms with Gasteiger partial charge in [0.1, 0.15) is 6.04 Å². The quantitative estimate of drug-likeness (QED) is 0.813. The van der Waals surface area contributed by atoms with Crippen molar-refractivity contribution in [2.24, 2.45) is 0 Å². The van der Waals surface area contributed by atoms with Gasteiger partial charge in [-0.2, -0.15) is 0 Å². The van der Waals surface area contributed by atoms with Gasteiger partial charge in [-0.15, -0.1) is 0 Å². The second kappa shape index (κ2) is 7.40. The summed E-state index contributed by atoms with van der Waals surface area (Å²) in [5.74, 6) is -0.321. The molecule has 0 saturated carbocycles. The van der Waals surface area contributed by atoms with Crippen molar-refractivity contribution >= 4 is 5.97 Å². The first-order chi connectivity index (χ1) is 10.2. The predicted octanol–water partition coefficient (Wildman–Crippen LogP) is 1.88. The molecule has 2 N–H and O–H groups in total. The van der Waals surface area contributed by atoms with Gasteiger partial charge in [0.05, 0.1) is 7.11 Å². The maximum Gasteiger partial charge on any atom is 0.321 e. The van der Waals surface area contributed by atoms with E-state index in [1.54, 1.807) is 19.4 Å². The molecule has 21 heavy (non-hydrogen) atoms. The monoisotopic (exact) mass is 286 g/mol. The van der Waals surface area contributed by atoms with Gasteiger partial charge >= 0.3 is 5.97 Å². The average Bonchev–Trinajstić information content (AvgIpc) is 2.52. The molecule has 0 bridgehead atoms. The lowest BCUT2D eigenvalue weighted by molar-refractivity contribution is -0.139. The molecule has 0 fully saturated rings. The normalized spacial score (nSPS) is 11.9. The standard InChI is InChI=1S/C16H18N2O3/c1-21-15-8-7-13(11-18-15)10-17-14(16(19)20)9-12-5-3-2-4-6-12/h2-8,11,14,17H,9-10H2,1H3,(H,19,20)/t14-/m1/s1. The van der Waals surface area contributed by atoms with Crippen molar-refractivity contribution in [1.29, 1.82) is 0 Å². The number of nitrogens with zero attached hydrogens (tertiary/aromatic N) is 1. The minimum Gasteiger partial charge on any atom is -0.481 e. The molecule has 0 aliphatic heterocycles. The minimum atomic E-state index is -0.861. The third-order valence-corrected chi connectivity index (χ3v) is 3.14. The van der Waals surface area contributed by atoms with Gasteiger partial charge < -0.3 is 9.84 Å². The zero-order valence-corrected chi connectivity index (χ0v) is 11.8. The number of pyridine rings is 1. The highest BCUT2D eigenvalue weighted by atomic mass is 16.5. The van der Waals surface area contributed by atoms with E-state index in [0.717, 1.165) is 11.1 Å². The molecule has 0 spiro atoms. The Hall–Kier alpha value is -2.40. The van der Waals surface area contributed by atoms with Crippen LogP contribution in [0.5, 0.6) is 5.88 Å². The Morgan fingerprint density at radius 1 is 1.24 bits per heavy atom. The minimum absolute atomic E-state index is 0.444. The number of benzene rings is 1. The van der Waals surface area contributed by atoms with Crippen LogP contribution < -0.4 is 10.1 Å². The van der Waals surface area contributed by atoms with E-state index in [9.17, 15) is 9.90 Å². The van der Waals surface area contributed by atoms with Crippen molar-refractivity contribution in [2.45, 2.75) is 19.0 Å². The van der Waals surface area contributed by atoms with Crippen LogP contribution in [0.1, 0.15) is 11.1 Å². The molecule has 1 aromatic heterocycles. The van der Waals surface area contributed by atoms with Crippen molar-refractivity contribution in [3.8, 4) is 5.88 Å². The van der Waals surface area contributed by atoms with Crippen LogP contribution in [0, 0.1) is 0 Å². The molecule has 2 rings (SSSR count). The smallest absolute Gasteiger partial charge is 0.321 e. The Morgan fingerprint density at radius 2 is 2.00 bits per heavy atom. The highest BCUT2D eigenvalue weighted by Crippen LogP contribution is 2.08. The summed E-state index contributed by atoms with van der Waals surface area (Å²) in [5.41, 5.74) is 1.90. The van der Waals surface area contributed by atoms with Gasteiger partial charge in [0, 0.05) is 18.8 Å². The average molecular weight is 286 g/mol. The van der Waals surface area contributed by atoms with E-state index in [-0.39, 0.29) is 0 Å². The number of hydrogen-bond donors (Lipinski definition) is 2. The van der Waals surface area contributed by atoms with E-state index < -0.39 is 12.0 Å². The highest BCUT2D eigenvalue weighted by molar-refractivity contribution is 5.73. The summed E-state index contributed by atoms with van der Waals surface area (Å²) in [6.07, 6.45) is 2.12. The van der Waals surface area contributed by atoms with Gasteiger partial charge in [0.25, 0.3) is 0 Å². The van der Waals surface area contributed by atoms with E-state index in [0.29, 0.717) is 18.8 Å². The van der Waals surface area contributed by atoms with E-state index in [1.165, 1.54) is 0 Å². The van der Waals surface area contributed by atoms with E-state index in [4.69, 9.17) is 4.74 Å². The molecule has 110 valence electrons. The van der Waals surface area contributed by atoms with Gasteiger partial charge in [-0.05, 0) is 17.5 Å². The number of nitrogens with one attached hydrogen (secondary N) is 1. The molecule has 1 heterocycles. The molecular formula is C16H18N2O3. The molecule has 0 radical (unpaired) electrons. The fraction of sp³-hybridized carbons (Fsp3) is 0.250. The maximum absolute atomic E-state index is 11.3. The number of aliphatic carboxylic acids is 1. The van der Waals surface area contributed by atoms with Crippen LogP contribution in [0.3, 0.4) is 0 Å². The van der Waals surface area contributed by atoms with E-state index in [1.807, 2.05) is 36.4 Å². The predicted molar refractivity (Wildman–Crippen MR) is 79.2 cm³/mol. The molecule has 5 heteroatoms. The van der Waals surface area contributed by atoms with Crippen LogP contribution in [0.25, 0.3) is 0 Å². The molecule has 0 aliphatic rings. The first kappa shape index (κ1) is 15.0. The summed E-state index contributed by atoms with van der Waals surface area (Å²) in [6, 6.07) is 12.6. The second-order valence-corrected chi connectivity index (χ2v) is 4.67. The lowest BCUT2D eigenvalue weighted by atomic mass is 10.1. The van der Waals surface area contributed by atoms with Gasteiger partial charge in [0.15, 0.2) is 0 Å². The van der Waals surface area contributed by atoms with Crippen LogP contribution in [-0.4, -0.2) is 29.2 Å². The number of carboxylic acids is 1. The Labute approximate surface area is 123 Å². The first-order valence-corrected chi connectivity index (χ1v) is 6.68. The van der Waals surface area contributed by atoms with Crippen LogP contribution in [0.2, 0.25) is 0 Å². The Morgan fingerprint density at radius 3 is 2.57 bits per heavy atom. The number of rotatable bonds is 7. The van der Waals surface area contributed by atoms with Crippen molar-refractivity contribution in [1.82, 2.24) is 10.3 Å². The molecule has 2 aromatic rings. The SMILES string of the molecule is COc1ccc(CN[C@H](Cc2ccccc2)C(=O)O)cn1. The highest BCUT2D eigenvalue weighted by Gasteiger charge is 2.17.